The largest absolute Gasteiger partial charge is 0.604 e. The maximum atomic E-state index is 13.2. The summed E-state index contributed by atoms with van der Waals surface area (Å²) in [5.74, 6) is 0.239. The zero-order valence-corrected chi connectivity index (χ0v) is 24.8. The Morgan fingerprint density at radius 3 is 2.42 bits per heavy atom. The van der Waals surface area contributed by atoms with Crippen LogP contribution >= 0.6 is 0 Å². The predicted molar refractivity (Wildman–Crippen MR) is 156 cm³/mol. The smallest absolute Gasteiger partial charge is 0.578 e. The van der Waals surface area contributed by atoms with Gasteiger partial charge in [0, 0.05) is 24.5 Å². The number of rotatable bonds is 11. The molecule has 0 aliphatic rings. The van der Waals surface area contributed by atoms with Crippen molar-refractivity contribution < 1.29 is 31.7 Å². The van der Waals surface area contributed by atoms with E-state index in [0.717, 1.165) is 43.5 Å². The number of benzene rings is 2. The standard InChI is InChI=1S/C30H32F3N5O4S/c1-29(2,3)42-28(39)38(25-12-7-22(8-13-25)6-4-5-18-37-19-17-34-36-37)20-24-21-41-27(35-24)16-11-23-9-14-26(15-10-23)43(40)30(31,32)33/h7-17,19,21H,4-6,18,20H2,1-3H3/b16-11+. The first-order chi connectivity index (χ1) is 20.4. The molecular weight excluding hydrogens is 583 g/mol. The molecule has 0 saturated heterocycles. The van der Waals surface area contributed by atoms with Gasteiger partial charge in [-0.3, -0.25) is 9.58 Å². The first-order valence-corrected chi connectivity index (χ1v) is 14.7. The van der Waals surface area contributed by atoms with Crippen molar-refractivity contribution in [3.8, 4) is 0 Å². The highest BCUT2D eigenvalue weighted by molar-refractivity contribution is 7.92. The molecule has 4 aromatic rings. The van der Waals surface area contributed by atoms with Crippen LogP contribution in [0.2, 0.25) is 0 Å². The number of anilines is 1. The second kappa shape index (κ2) is 13.9. The molecule has 0 aliphatic heterocycles. The quantitative estimate of drug-likeness (QED) is 0.132. The zero-order valence-electron chi connectivity index (χ0n) is 24.0. The Kier molecular flexibility index (Phi) is 10.3. The summed E-state index contributed by atoms with van der Waals surface area (Å²) >= 11 is -3.09. The second-order valence-corrected chi connectivity index (χ2v) is 12.1. The SMILES string of the molecule is CC(C)(C)OC(=O)N(Cc1coc(/C=C/c2ccc([S+]([O-])C(F)(F)F)cc2)n1)c1ccc(CCCCn2ccnn2)cc1. The normalized spacial score (nSPS) is 12.9. The lowest BCUT2D eigenvalue weighted by Crippen LogP contribution is -2.36. The number of aryl methyl sites for hydroxylation is 2. The van der Waals surface area contributed by atoms with Gasteiger partial charge in [-0.05, 0) is 93.6 Å². The zero-order chi connectivity index (χ0) is 31.0. The second-order valence-electron chi connectivity index (χ2n) is 10.7. The van der Waals surface area contributed by atoms with Gasteiger partial charge in [-0.25, -0.2) is 9.78 Å². The van der Waals surface area contributed by atoms with Gasteiger partial charge in [0.1, 0.15) is 11.9 Å². The van der Waals surface area contributed by atoms with Crippen molar-refractivity contribution in [3.63, 3.8) is 0 Å². The highest BCUT2D eigenvalue weighted by Gasteiger charge is 2.45. The van der Waals surface area contributed by atoms with Crippen LogP contribution in [-0.2, 0) is 35.4 Å². The first kappa shape index (κ1) is 31.8. The number of unbranched alkanes of at least 4 members (excludes halogenated alkanes) is 1. The molecule has 4 rings (SSSR count). The summed E-state index contributed by atoms with van der Waals surface area (Å²) in [5.41, 5.74) is -2.72. The molecule has 13 heteroatoms. The number of hydrogen-bond acceptors (Lipinski definition) is 7. The van der Waals surface area contributed by atoms with Crippen molar-refractivity contribution in [2.45, 2.75) is 69.1 Å². The monoisotopic (exact) mass is 615 g/mol. The van der Waals surface area contributed by atoms with Crippen molar-refractivity contribution in [1.82, 2.24) is 20.0 Å². The molecule has 9 nitrogen and oxygen atoms in total. The van der Waals surface area contributed by atoms with Gasteiger partial charge in [0.25, 0.3) is 0 Å². The van der Waals surface area contributed by atoms with Crippen molar-refractivity contribution in [2.24, 2.45) is 0 Å². The van der Waals surface area contributed by atoms with Crippen molar-refractivity contribution in [2.75, 3.05) is 4.90 Å². The number of oxazole rings is 1. The Morgan fingerprint density at radius 1 is 1.07 bits per heavy atom. The van der Waals surface area contributed by atoms with Crippen molar-refractivity contribution >= 4 is 35.1 Å². The fourth-order valence-corrected chi connectivity index (χ4v) is 4.66. The van der Waals surface area contributed by atoms with Gasteiger partial charge in [0.05, 0.1) is 29.6 Å². The molecule has 0 saturated carbocycles. The van der Waals surface area contributed by atoms with E-state index in [1.165, 1.54) is 23.3 Å². The number of hydrogen-bond donors (Lipinski definition) is 0. The van der Waals surface area contributed by atoms with E-state index in [1.807, 2.05) is 30.5 Å². The molecule has 1 amide bonds. The Labute approximate surface area is 250 Å². The average Bonchev–Trinajstić information content (AvgIpc) is 3.64. The van der Waals surface area contributed by atoms with E-state index >= 15 is 0 Å². The van der Waals surface area contributed by atoms with E-state index in [-0.39, 0.29) is 17.3 Å². The summed E-state index contributed by atoms with van der Waals surface area (Å²) in [7, 11) is 0. The molecule has 2 heterocycles. The molecule has 0 N–H and O–H groups in total. The Balaban J connectivity index is 1.40. The Hall–Kier alpha value is -4.10. The number of carbonyl (C=O) groups excluding carboxylic acids is 1. The molecule has 0 spiro atoms. The third kappa shape index (κ3) is 9.72. The molecule has 0 fully saturated rings. The highest BCUT2D eigenvalue weighted by atomic mass is 32.2. The van der Waals surface area contributed by atoms with Crippen LogP contribution in [0.3, 0.4) is 0 Å². The van der Waals surface area contributed by atoms with Crippen molar-refractivity contribution in [1.29, 1.82) is 0 Å². The van der Waals surface area contributed by atoms with Crippen LogP contribution in [0.4, 0.5) is 23.7 Å². The number of alkyl halides is 3. The van der Waals surface area contributed by atoms with Gasteiger partial charge in [-0.2, -0.15) is 0 Å². The van der Waals surface area contributed by atoms with Crippen LogP contribution in [0.15, 0.2) is 76.5 Å². The molecular formula is C30H32F3N5O4S. The molecule has 1 unspecified atom stereocenters. The molecule has 0 aliphatic carbocycles. The van der Waals surface area contributed by atoms with E-state index in [4.69, 9.17) is 9.15 Å². The number of carbonyl (C=O) groups is 1. The van der Waals surface area contributed by atoms with Gasteiger partial charge in [-0.15, -0.1) is 18.3 Å². The Bertz CT molecular complexity index is 1480. The lowest BCUT2D eigenvalue weighted by atomic mass is 10.1. The van der Waals surface area contributed by atoms with Gasteiger partial charge in [0.2, 0.25) is 5.89 Å². The Morgan fingerprint density at radius 2 is 1.79 bits per heavy atom. The summed E-state index contributed by atoms with van der Waals surface area (Å²) in [5, 5.41) is 7.78. The summed E-state index contributed by atoms with van der Waals surface area (Å²) in [4.78, 5) is 18.7. The van der Waals surface area contributed by atoms with Gasteiger partial charge in [-0.1, -0.05) is 17.3 Å². The lowest BCUT2D eigenvalue weighted by molar-refractivity contribution is -0.0435. The molecule has 43 heavy (non-hydrogen) atoms. The number of amides is 1. The van der Waals surface area contributed by atoms with E-state index < -0.39 is 28.4 Å². The summed E-state index contributed by atoms with van der Waals surface area (Å²) in [6.07, 6.45) is 10.3. The summed E-state index contributed by atoms with van der Waals surface area (Å²) in [6, 6.07) is 12.9. The highest BCUT2D eigenvalue weighted by Crippen LogP contribution is 2.30. The fraction of sp³-hybridized carbons (Fsp3) is 0.333. The number of halogens is 3. The number of nitrogens with zero attached hydrogens (tertiary/aromatic N) is 5. The van der Waals surface area contributed by atoms with Crippen LogP contribution in [0.25, 0.3) is 12.2 Å². The van der Waals surface area contributed by atoms with E-state index in [9.17, 15) is 22.5 Å². The summed E-state index contributed by atoms with van der Waals surface area (Å²) < 4.78 is 62.5. The van der Waals surface area contributed by atoms with Crippen LogP contribution < -0.4 is 4.90 Å². The number of aromatic nitrogens is 4. The topological polar surface area (TPSA) is 109 Å². The van der Waals surface area contributed by atoms with Crippen molar-refractivity contribution in [3.05, 3.63) is 89.9 Å². The maximum Gasteiger partial charge on any atom is 0.578 e. The lowest BCUT2D eigenvalue weighted by Gasteiger charge is -2.27. The maximum absolute atomic E-state index is 13.2. The minimum atomic E-state index is -4.82. The van der Waals surface area contributed by atoms with Gasteiger partial charge in [0.15, 0.2) is 4.90 Å². The predicted octanol–water partition coefficient (Wildman–Crippen LogP) is 7.03. The first-order valence-electron chi connectivity index (χ1n) is 13.5. The third-order valence-electron chi connectivity index (χ3n) is 6.05. The van der Waals surface area contributed by atoms with Crippen LogP contribution in [0.1, 0.15) is 56.3 Å². The van der Waals surface area contributed by atoms with E-state index in [0.29, 0.717) is 16.9 Å². The molecule has 1 atom stereocenters. The minimum Gasteiger partial charge on any atom is -0.604 e. The van der Waals surface area contributed by atoms with E-state index in [2.05, 4.69) is 15.3 Å². The molecule has 2 aromatic carbocycles. The van der Waals surface area contributed by atoms with Crippen LogP contribution in [0, 0.1) is 0 Å². The van der Waals surface area contributed by atoms with Gasteiger partial charge >= 0.3 is 11.6 Å². The van der Waals surface area contributed by atoms with Crippen LogP contribution in [0.5, 0.6) is 0 Å². The molecule has 228 valence electrons. The summed E-state index contributed by atoms with van der Waals surface area (Å²) in [6.45, 7) is 6.25. The molecule has 0 radical (unpaired) electrons. The van der Waals surface area contributed by atoms with E-state index in [1.54, 1.807) is 43.8 Å². The average molecular weight is 616 g/mol. The third-order valence-corrected chi connectivity index (χ3v) is 7.17. The molecule has 2 aromatic heterocycles. The molecule has 0 bridgehead atoms. The minimum absolute atomic E-state index is 0.0848. The van der Waals surface area contributed by atoms with Crippen LogP contribution in [-0.4, -0.2) is 41.7 Å². The number of ether oxygens (including phenoxy) is 1. The fourth-order valence-electron chi connectivity index (χ4n) is 4.01. The van der Waals surface area contributed by atoms with Gasteiger partial charge < -0.3 is 13.7 Å².